The zero-order valence-electron chi connectivity index (χ0n) is 12.4. The quantitative estimate of drug-likeness (QED) is 0.579. The van der Waals surface area contributed by atoms with Crippen molar-refractivity contribution in [2.75, 3.05) is 7.11 Å². The van der Waals surface area contributed by atoms with Gasteiger partial charge in [-0.25, -0.2) is 4.98 Å². The van der Waals surface area contributed by atoms with E-state index in [0.717, 1.165) is 22.4 Å². The number of hydrogen-bond acceptors (Lipinski definition) is 3. The minimum atomic E-state index is 0. The summed E-state index contributed by atoms with van der Waals surface area (Å²) in [5.74, 6) is 1.04. The van der Waals surface area contributed by atoms with Gasteiger partial charge in [0.25, 0.3) is 0 Å². The molecule has 0 aliphatic rings. The second-order valence-electron chi connectivity index (χ2n) is 4.69. The molecule has 0 saturated heterocycles. The Kier molecular flexibility index (Phi) is 5.54. The number of nitrogens with zero attached hydrogens (tertiary/aromatic N) is 1. The van der Waals surface area contributed by atoms with Crippen molar-refractivity contribution in [3.05, 3.63) is 65.9 Å². The first kappa shape index (κ1) is 16.5. The van der Waals surface area contributed by atoms with E-state index in [1.165, 1.54) is 0 Å². The summed E-state index contributed by atoms with van der Waals surface area (Å²) in [5.41, 5.74) is 2.49. The van der Waals surface area contributed by atoms with E-state index in [9.17, 15) is 5.11 Å². The van der Waals surface area contributed by atoms with Gasteiger partial charge in [0.05, 0.1) is 12.8 Å². The van der Waals surface area contributed by atoms with Crippen molar-refractivity contribution < 1.29 is 9.84 Å². The third-order valence-corrected chi connectivity index (χ3v) is 3.28. The minimum absolute atomic E-state index is 0. The molecule has 1 aromatic heterocycles. The number of aromatic hydroxyl groups is 1. The van der Waals surface area contributed by atoms with Crippen LogP contribution in [-0.4, -0.2) is 44.5 Å². The van der Waals surface area contributed by atoms with Crippen molar-refractivity contribution in [1.82, 2.24) is 4.98 Å². The van der Waals surface area contributed by atoms with E-state index >= 15 is 0 Å². The van der Waals surface area contributed by atoms with Crippen molar-refractivity contribution in [1.29, 1.82) is 0 Å². The molecule has 2 aromatic carbocycles. The molecule has 4 heteroatoms. The Bertz CT molecular complexity index is 798. The SMILES string of the molecule is COc1ccc(C=Cc2ccc3cccc(O)c3n2)cc1.[PbH2]. The van der Waals surface area contributed by atoms with Crippen LogP contribution in [0.2, 0.25) is 0 Å². The number of hydrogen-bond donors (Lipinski definition) is 1. The van der Waals surface area contributed by atoms with Crippen LogP contribution < -0.4 is 4.74 Å². The molecule has 22 heavy (non-hydrogen) atoms. The van der Waals surface area contributed by atoms with Gasteiger partial charge in [0.2, 0.25) is 0 Å². The third kappa shape index (κ3) is 3.65. The number of phenolic OH excluding ortho intramolecular Hbond substituents is 1. The number of ether oxygens (including phenoxy) is 1. The topological polar surface area (TPSA) is 42.4 Å². The molecule has 3 rings (SSSR count). The summed E-state index contributed by atoms with van der Waals surface area (Å²) in [4.78, 5) is 4.46. The Morgan fingerprint density at radius 2 is 1.73 bits per heavy atom. The van der Waals surface area contributed by atoms with E-state index in [0.29, 0.717) is 5.52 Å². The normalized spacial score (nSPS) is 10.6. The number of pyridine rings is 1. The van der Waals surface area contributed by atoms with Crippen LogP contribution >= 0.6 is 0 Å². The van der Waals surface area contributed by atoms with Crippen LogP contribution in [0, 0.1) is 0 Å². The molecule has 2 radical (unpaired) electrons. The van der Waals surface area contributed by atoms with E-state index < -0.39 is 0 Å². The van der Waals surface area contributed by atoms with Gasteiger partial charge < -0.3 is 9.84 Å². The first-order chi connectivity index (χ1) is 10.3. The summed E-state index contributed by atoms with van der Waals surface area (Å²) in [6.07, 6.45) is 3.90. The van der Waals surface area contributed by atoms with Crippen LogP contribution in [0.5, 0.6) is 11.5 Å². The predicted molar refractivity (Wildman–Crippen MR) is 93.9 cm³/mol. The fourth-order valence-electron chi connectivity index (χ4n) is 2.14. The maximum absolute atomic E-state index is 9.84. The molecule has 3 aromatic rings. The number of aromatic nitrogens is 1. The summed E-state index contributed by atoms with van der Waals surface area (Å²) >= 11 is 0. The van der Waals surface area contributed by atoms with E-state index in [1.54, 1.807) is 13.2 Å². The van der Waals surface area contributed by atoms with E-state index in [1.807, 2.05) is 60.7 Å². The molecule has 3 nitrogen and oxygen atoms in total. The number of para-hydroxylation sites is 1. The molecule has 0 aliphatic carbocycles. The van der Waals surface area contributed by atoms with Crippen molar-refractivity contribution in [3.63, 3.8) is 0 Å². The van der Waals surface area contributed by atoms with Gasteiger partial charge in [0.1, 0.15) is 17.0 Å². The van der Waals surface area contributed by atoms with Gasteiger partial charge in [-0.3, -0.25) is 0 Å². The summed E-state index contributed by atoms with van der Waals surface area (Å²) in [6, 6.07) is 17.1. The van der Waals surface area contributed by atoms with Crippen LogP contribution in [0.3, 0.4) is 0 Å². The van der Waals surface area contributed by atoms with Crippen LogP contribution in [0.1, 0.15) is 11.3 Å². The molecule has 110 valence electrons. The fourth-order valence-corrected chi connectivity index (χ4v) is 2.14. The molecular weight excluding hydrogens is 469 g/mol. The monoisotopic (exact) mass is 487 g/mol. The van der Waals surface area contributed by atoms with Gasteiger partial charge in [0.15, 0.2) is 0 Å². The van der Waals surface area contributed by atoms with E-state index in [4.69, 9.17) is 4.74 Å². The Morgan fingerprint density at radius 1 is 0.955 bits per heavy atom. The van der Waals surface area contributed by atoms with E-state index in [2.05, 4.69) is 4.98 Å². The first-order valence-electron chi connectivity index (χ1n) is 6.67. The van der Waals surface area contributed by atoms with Gasteiger partial charge in [-0.1, -0.05) is 36.4 Å². The predicted octanol–water partition coefficient (Wildman–Crippen LogP) is 3.20. The van der Waals surface area contributed by atoms with E-state index in [-0.39, 0.29) is 33.0 Å². The summed E-state index contributed by atoms with van der Waals surface area (Å²) in [7, 11) is 1.65. The molecule has 0 amide bonds. The Labute approximate surface area is 149 Å². The second kappa shape index (κ2) is 7.40. The van der Waals surface area contributed by atoms with Gasteiger partial charge in [-0.2, -0.15) is 0 Å². The standard InChI is InChI=1S/C18H15NO2.Pb.2H/c1-21-16-11-6-13(7-12-16)5-9-15-10-8-14-3-2-4-17(20)18(14)19-15;;;/h2-12,20H,1H3;;;. The number of rotatable bonds is 3. The second-order valence-corrected chi connectivity index (χ2v) is 4.69. The van der Waals surface area contributed by atoms with Gasteiger partial charge in [0, 0.05) is 5.39 Å². The zero-order valence-corrected chi connectivity index (χ0v) is 17.9. The molecular formula is C18H17NO2Pb. The van der Waals surface area contributed by atoms with Crippen molar-refractivity contribution >= 4 is 50.4 Å². The average Bonchev–Trinajstić information content (AvgIpc) is 2.54. The van der Waals surface area contributed by atoms with Crippen molar-refractivity contribution in [2.45, 2.75) is 0 Å². The van der Waals surface area contributed by atoms with Gasteiger partial charge in [-0.15, -0.1) is 0 Å². The Morgan fingerprint density at radius 3 is 2.45 bits per heavy atom. The molecule has 0 atom stereocenters. The van der Waals surface area contributed by atoms with Crippen LogP contribution in [-0.2, 0) is 0 Å². The zero-order chi connectivity index (χ0) is 14.7. The molecule has 0 fully saturated rings. The number of fused-ring (bicyclic) bond motifs is 1. The summed E-state index contributed by atoms with van der Waals surface area (Å²) in [6.45, 7) is 0. The number of benzene rings is 2. The maximum atomic E-state index is 9.84. The molecule has 1 heterocycles. The molecule has 0 unspecified atom stereocenters. The molecule has 0 aliphatic heterocycles. The molecule has 0 spiro atoms. The third-order valence-electron chi connectivity index (χ3n) is 3.28. The summed E-state index contributed by atoms with van der Waals surface area (Å²) < 4.78 is 5.13. The average molecular weight is 487 g/mol. The molecule has 1 N–H and O–H groups in total. The molecule has 0 bridgehead atoms. The Hall–Kier alpha value is -1.89. The van der Waals surface area contributed by atoms with Gasteiger partial charge in [-0.05, 0) is 35.9 Å². The van der Waals surface area contributed by atoms with Gasteiger partial charge >= 0.3 is 27.3 Å². The summed E-state index contributed by atoms with van der Waals surface area (Å²) in [5, 5.41) is 10.8. The Balaban J connectivity index is 0.00000176. The van der Waals surface area contributed by atoms with Crippen LogP contribution in [0.25, 0.3) is 23.1 Å². The number of phenols is 1. The number of methoxy groups -OCH3 is 1. The van der Waals surface area contributed by atoms with Crippen molar-refractivity contribution in [2.24, 2.45) is 0 Å². The fraction of sp³-hybridized carbons (Fsp3) is 0.0556. The van der Waals surface area contributed by atoms with Crippen LogP contribution in [0.15, 0.2) is 54.6 Å². The molecule has 0 saturated carbocycles. The first-order valence-corrected chi connectivity index (χ1v) is 6.67. The van der Waals surface area contributed by atoms with Crippen LogP contribution in [0.4, 0.5) is 0 Å². The van der Waals surface area contributed by atoms with Crippen molar-refractivity contribution in [3.8, 4) is 11.5 Å².